The maximum absolute atomic E-state index is 12.1. The molecule has 0 heterocycles. The van der Waals surface area contributed by atoms with Gasteiger partial charge in [0.05, 0.1) is 18.9 Å². The van der Waals surface area contributed by atoms with Crippen LogP contribution in [0.15, 0.2) is 0 Å². The second-order valence-corrected chi connectivity index (χ2v) is 6.22. The van der Waals surface area contributed by atoms with Crippen LogP contribution in [-0.4, -0.2) is 37.0 Å². The van der Waals surface area contributed by atoms with Gasteiger partial charge in [0.15, 0.2) is 0 Å². The Labute approximate surface area is 97.0 Å². The van der Waals surface area contributed by atoms with Crippen molar-refractivity contribution in [2.75, 3.05) is 18.9 Å². The summed E-state index contributed by atoms with van der Waals surface area (Å²) in [4.78, 5) is 31.5. The summed E-state index contributed by atoms with van der Waals surface area (Å²) < 4.78 is 12.1. The first-order valence-electron chi connectivity index (χ1n) is 4.42. The highest BCUT2D eigenvalue weighted by Crippen LogP contribution is 2.41. The minimum absolute atomic E-state index is 0.289. The van der Waals surface area contributed by atoms with Crippen molar-refractivity contribution in [3.63, 3.8) is 0 Å². The van der Waals surface area contributed by atoms with Crippen molar-refractivity contribution in [1.82, 2.24) is 16.0 Å². The molecule has 6 amide bonds. The van der Waals surface area contributed by atoms with Gasteiger partial charge < -0.3 is 37.7 Å². The Kier molecular flexibility index (Phi) is 5.83. The van der Waals surface area contributed by atoms with Crippen molar-refractivity contribution >= 4 is 25.2 Å². The van der Waals surface area contributed by atoms with Crippen LogP contribution in [0, 0.1) is 0 Å². The van der Waals surface area contributed by atoms with E-state index in [1.54, 1.807) is 0 Å². The number of rotatable bonds is 6. The van der Waals surface area contributed by atoms with Crippen LogP contribution in [0.25, 0.3) is 0 Å². The molecule has 0 radical (unpaired) electrons. The van der Waals surface area contributed by atoms with E-state index in [-0.39, 0.29) is 18.9 Å². The molecule has 0 saturated carbocycles. The highest BCUT2D eigenvalue weighted by atomic mass is 31.2. The molecule has 0 unspecified atom stereocenters. The summed E-state index contributed by atoms with van der Waals surface area (Å²) in [5.74, 6) is 0. The van der Waals surface area contributed by atoms with Gasteiger partial charge in [0.1, 0.15) is 7.14 Å². The highest BCUT2D eigenvalue weighted by Gasteiger charge is 2.23. The van der Waals surface area contributed by atoms with E-state index in [4.69, 9.17) is 17.2 Å². The first-order chi connectivity index (χ1) is 7.75. The second-order valence-electron chi connectivity index (χ2n) is 3.16. The molecule has 0 aliphatic heterocycles. The summed E-state index contributed by atoms with van der Waals surface area (Å²) in [6.07, 6.45) is -0.866. The number of nitrogens with one attached hydrogen (secondary N) is 3. The molecule has 0 aromatic rings. The van der Waals surface area contributed by atoms with Gasteiger partial charge in [0.2, 0.25) is 0 Å². The van der Waals surface area contributed by atoms with Gasteiger partial charge in [-0.05, 0) is 0 Å². The van der Waals surface area contributed by atoms with Crippen LogP contribution >= 0.6 is 7.14 Å². The zero-order valence-corrected chi connectivity index (χ0v) is 9.83. The van der Waals surface area contributed by atoms with Gasteiger partial charge in [-0.1, -0.05) is 0 Å². The van der Waals surface area contributed by atoms with Crippen LogP contribution in [0.2, 0.25) is 0 Å². The lowest BCUT2D eigenvalue weighted by Crippen LogP contribution is -2.38. The summed E-state index contributed by atoms with van der Waals surface area (Å²) in [5, 5.41) is 6.38. The average Bonchev–Trinajstić information content (AvgIpc) is 2.21. The van der Waals surface area contributed by atoms with Crippen LogP contribution in [0.5, 0.6) is 0 Å². The quantitative estimate of drug-likeness (QED) is 0.311. The van der Waals surface area contributed by atoms with E-state index in [1.165, 1.54) is 0 Å². The molecule has 98 valence electrons. The second kappa shape index (κ2) is 6.59. The number of carbonyl (C=O) groups is 3. The van der Waals surface area contributed by atoms with E-state index in [0.717, 1.165) is 0 Å². The van der Waals surface area contributed by atoms with Gasteiger partial charge in [-0.15, -0.1) is 0 Å². The fourth-order valence-electron chi connectivity index (χ4n) is 0.834. The van der Waals surface area contributed by atoms with Crippen LogP contribution in [-0.2, 0) is 4.57 Å². The number of amides is 6. The fraction of sp³-hybridized carbons (Fsp3) is 0.500. The molecule has 17 heavy (non-hydrogen) atoms. The van der Waals surface area contributed by atoms with E-state index < -0.39 is 25.2 Å². The zero-order chi connectivity index (χ0) is 13.5. The van der Waals surface area contributed by atoms with Crippen molar-refractivity contribution in [3.05, 3.63) is 0 Å². The summed E-state index contributed by atoms with van der Waals surface area (Å²) in [7, 11) is -3.12. The average molecular weight is 266 g/mol. The molecule has 0 spiro atoms. The highest BCUT2D eigenvalue weighted by molar-refractivity contribution is 7.63. The van der Waals surface area contributed by atoms with Gasteiger partial charge in [0, 0.05) is 0 Å². The molecular formula is C6H15N6O4P. The molecule has 0 atom stereocenters. The summed E-state index contributed by atoms with van der Waals surface area (Å²) in [6, 6.07) is -2.62. The Bertz CT molecular complexity index is 306. The van der Waals surface area contributed by atoms with E-state index in [9.17, 15) is 18.9 Å². The Morgan fingerprint density at radius 1 is 0.765 bits per heavy atom. The monoisotopic (exact) mass is 266 g/mol. The van der Waals surface area contributed by atoms with Gasteiger partial charge in [-0.3, -0.25) is 0 Å². The molecule has 0 bridgehead atoms. The molecule has 0 fully saturated rings. The smallest absolute Gasteiger partial charge is 0.312 e. The molecule has 0 aromatic carbocycles. The Morgan fingerprint density at radius 2 is 1.00 bits per heavy atom. The first kappa shape index (κ1) is 15.0. The van der Waals surface area contributed by atoms with Crippen LogP contribution < -0.4 is 33.2 Å². The predicted octanol–water partition coefficient (Wildman–Crippen LogP) is -1.77. The molecule has 10 nitrogen and oxygen atoms in total. The maximum Gasteiger partial charge on any atom is 0.312 e. The van der Waals surface area contributed by atoms with Crippen molar-refractivity contribution in [2.45, 2.75) is 0 Å². The summed E-state index contributed by atoms with van der Waals surface area (Å²) in [6.45, 7) is 0. The van der Waals surface area contributed by atoms with Gasteiger partial charge >= 0.3 is 18.1 Å². The summed E-state index contributed by atoms with van der Waals surface area (Å²) >= 11 is 0. The predicted molar refractivity (Wildman–Crippen MR) is 60.4 cm³/mol. The van der Waals surface area contributed by atoms with Crippen LogP contribution in [0.1, 0.15) is 0 Å². The van der Waals surface area contributed by atoms with Crippen LogP contribution in [0.3, 0.4) is 0 Å². The van der Waals surface area contributed by atoms with Crippen LogP contribution in [0.4, 0.5) is 14.4 Å². The van der Waals surface area contributed by atoms with E-state index >= 15 is 0 Å². The van der Waals surface area contributed by atoms with Gasteiger partial charge in [-0.25, -0.2) is 14.4 Å². The largest absolute Gasteiger partial charge is 0.352 e. The molecule has 0 aliphatic carbocycles. The minimum atomic E-state index is -3.12. The molecule has 11 heteroatoms. The van der Waals surface area contributed by atoms with Gasteiger partial charge in [0.25, 0.3) is 0 Å². The molecule has 9 N–H and O–H groups in total. The number of hydrogen-bond donors (Lipinski definition) is 6. The number of urea groups is 3. The molecule has 0 aromatic heterocycles. The maximum atomic E-state index is 12.1. The standard InChI is InChI=1S/C6H15N6O4P/c7-4(13)10-1-17(16,2-11-5(8)14)3-12-6(9)15/h1-3H2,(H3,7,10,13)(H3,8,11,14)(H3,9,12,15). The number of carbonyl (C=O) groups excluding carboxylic acids is 3. The number of nitrogens with two attached hydrogens (primary N) is 3. The fourth-order valence-corrected chi connectivity index (χ4v) is 2.50. The third-order valence-corrected chi connectivity index (χ3v) is 3.83. The van der Waals surface area contributed by atoms with Gasteiger partial charge in [-0.2, -0.15) is 0 Å². The Morgan fingerprint density at radius 3 is 1.18 bits per heavy atom. The third-order valence-electron chi connectivity index (χ3n) is 1.62. The van der Waals surface area contributed by atoms with E-state index in [1.807, 2.05) is 0 Å². The minimum Gasteiger partial charge on any atom is -0.352 e. The van der Waals surface area contributed by atoms with Crippen molar-refractivity contribution in [1.29, 1.82) is 0 Å². The number of hydrogen-bond acceptors (Lipinski definition) is 4. The van der Waals surface area contributed by atoms with Crippen molar-refractivity contribution in [3.8, 4) is 0 Å². The molecule has 0 aliphatic rings. The van der Waals surface area contributed by atoms with Crippen molar-refractivity contribution in [2.24, 2.45) is 17.2 Å². The topological polar surface area (TPSA) is 182 Å². The molecule has 0 saturated heterocycles. The van der Waals surface area contributed by atoms with E-state index in [0.29, 0.717) is 0 Å². The lowest BCUT2D eigenvalue weighted by Gasteiger charge is -2.18. The lowest BCUT2D eigenvalue weighted by atomic mass is 11.0. The third kappa shape index (κ3) is 7.91. The summed E-state index contributed by atoms with van der Waals surface area (Å²) in [5.41, 5.74) is 14.4. The Balaban J connectivity index is 4.44. The van der Waals surface area contributed by atoms with E-state index in [2.05, 4.69) is 16.0 Å². The zero-order valence-electron chi connectivity index (χ0n) is 8.93. The lowest BCUT2D eigenvalue weighted by molar-refractivity contribution is 0.250. The SMILES string of the molecule is NC(=O)NCP(=O)(CNC(N)=O)CNC(N)=O. The number of primary amides is 3. The first-order valence-corrected chi connectivity index (χ1v) is 6.68. The molecule has 0 rings (SSSR count). The normalized spacial score (nSPS) is 10.4. The molecular weight excluding hydrogens is 251 g/mol. The van der Waals surface area contributed by atoms with Crippen molar-refractivity contribution < 1.29 is 18.9 Å². The Hall–Kier alpha value is -1.96.